The molecule has 1 heterocycles. The molecule has 4 heteroatoms. The lowest BCUT2D eigenvalue weighted by Gasteiger charge is -2.13. The summed E-state index contributed by atoms with van der Waals surface area (Å²) in [6.45, 7) is 2.24. The van der Waals surface area contributed by atoms with Gasteiger partial charge in [-0.2, -0.15) is 0 Å². The van der Waals surface area contributed by atoms with Gasteiger partial charge in [0.25, 0.3) is 0 Å². The van der Waals surface area contributed by atoms with Crippen LogP contribution in [0.4, 0.5) is 5.69 Å². The van der Waals surface area contributed by atoms with E-state index in [2.05, 4.69) is 11.4 Å². The Morgan fingerprint density at radius 1 is 1.14 bits per heavy atom. The molecule has 1 N–H and O–H groups in total. The molecule has 1 aliphatic heterocycles. The van der Waals surface area contributed by atoms with Crippen LogP contribution < -0.4 is 14.8 Å². The monoisotopic (exact) mass is 299 g/mol. The molecule has 1 saturated heterocycles. The molecule has 116 valence electrons. The first-order valence-corrected chi connectivity index (χ1v) is 7.55. The molecule has 1 atom stereocenters. The Bertz CT molecular complexity index is 592. The number of nitrogens with one attached hydrogen (secondary N) is 1. The van der Waals surface area contributed by atoms with E-state index >= 15 is 0 Å². The highest BCUT2D eigenvalue weighted by atomic mass is 16.5. The standard InChI is InChI=1S/C18H21NO3/c1-20-17-4-2-3-14(11-17)12-19-15-5-7-16(8-6-15)22-18-9-10-21-13-18/h2-8,11,18-19H,9-10,12-13H2,1H3/t18-/m1/s1. The number of benzene rings is 2. The van der Waals surface area contributed by atoms with Gasteiger partial charge in [0.15, 0.2) is 0 Å². The first kappa shape index (κ1) is 14.7. The van der Waals surface area contributed by atoms with Crippen molar-refractivity contribution >= 4 is 5.69 Å². The molecule has 0 aromatic heterocycles. The Balaban J connectivity index is 1.54. The summed E-state index contributed by atoms with van der Waals surface area (Å²) in [6.07, 6.45) is 1.16. The lowest BCUT2D eigenvalue weighted by Crippen LogP contribution is -2.15. The molecule has 0 saturated carbocycles. The van der Waals surface area contributed by atoms with E-state index < -0.39 is 0 Å². The zero-order chi connectivity index (χ0) is 15.2. The van der Waals surface area contributed by atoms with Crippen molar-refractivity contribution in [2.75, 3.05) is 25.6 Å². The summed E-state index contributed by atoms with van der Waals surface area (Å²) in [5.74, 6) is 1.77. The van der Waals surface area contributed by atoms with Crippen molar-refractivity contribution in [3.8, 4) is 11.5 Å². The summed E-state index contributed by atoms with van der Waals surface area (Å²) in [6, 6.07) is 16.1. The minimum Gasteiger partial charge on any atom is -0.497 e. The van der Waals surface area contributed by atoms with Crippen molar-refractivity contribution in [1.82, 2.24) is 0 Å². The second-order valence-electron chi connectivity index (χ2n) is 5.33. The summed E-state index contributed by atoms with van der Waals surface area (Å²) in [4.78, 5) is 0. The van der Waals surface area contributed by atoms with E-state index in [4.69, 9.17) is 14.2 Å². The van der Waals surface area contributed by atoms with Gasteiger partial charge in [-0.15, -0.1) is 0 Å². The van der Waals surface area contributed by atoms with E-state index in [0.717, 1.165) is 36.8 Å². The Hall–Kier alpha value is -2.20. The molecular weight excluding hydrogens is 278 g/mol. The normalized spacial score (nSPS) is 17.2. The highest BCUT2D eigenvalue weighted by Crippen LogP contribution is 2.20. The molecule has 2 aromatic rings. The Kier molecular flexibility index (Phi) is 4.81. The molecule has 1 aliphatic rings. The largest absolute Gasteiger partial charge is 0.497 e. The van der Waals surface area contributed by atoms with Gasteiger partial charge in [-0.1, -0.05) is 12.1 Å². The fourth-order valence-corrected chi connectivity index (χ4v) is 2.44. The molecule has 0 amide bonds. The van der Waals surface area contributed by atoms with E-state index in [9.17, 15) is 0 Å². The molecule has 0 spiro atoms. The van der Waals surface area contributed by atoms with Gasteiger partial charge in [0, 0.05) is 18.7 Å². The van der Waals surface area contributed by atoms with Crippen molar-refractivity contribution in [2.45, 2.75) is 19.1 Å². The van der Waals surface area contributed by atoms with Crippen LogP contribution in [0.3, 0.4) is 0 Å². The Morgan fingerprint density at radius 2 is 2.00 bits per heavy atom. The summed E-state index contributed by atoms with van der Waals surface area (Å²) >= 11 is 0. The topological polar surface area (TPSA) is 39.7 Å². The number of hydrogen-bond donors (Lipinski definition) is 1. The van der Waals surface area contributed by atoms with Crippen molar-refractivity contribution in [1.29, 1.82) is 0 Å². The van der Waals surface area contributed by atoms with Crippen molar-refractivity contribution < 1.29 is 14.2 Å². The average molecular weight is 299 g/mol. The third-order valence-electron chi connectivity index (χ3n) is 3.68. The molecule has 0 unspecified atom stereocenters. The predicted molar refractivity (Wildman–Crippen MR) is 86.6 cm³/mol. The van der Waals surface area contributed by atoms with Crippen molar-refractivity contribution in [2.24, 2.45) is 0 Å². The number of methoxy groups -OCH3 is 1. The van der Waals surface area contributed by atoms with Gasteiger partial charge < -0.3 is 19.5 Å². The Morgan fingerprint density at radius 3 is 2.73 bits per heavy atom. The molecule has 4 nitrogen and oxygen atoms in total. The van der Waals surface area contributed by atoms with Crippen LogP contribution in [0.5, 0.6) is 11.5 Å². The summed E-state index contributed by atoms with van der Waals surface area (Å²) in [7, 11) is 1.68. The van der Waals surface area contributed by atoms with Crippen LogP contribution in [0.25, 0.3) is 0 Å². The summed E-state index contributed by atoms with van der Waals surface area (Å²) < 4.78 is 16.4. The molecular formula is C18H21NO3. The van der Waals surface area contributed by atoms with Gasteiger partial charge in [-0.25, -0.2) is 0 Å². The van der Waals surface area contributed by atoms with Crippen LogP contribution in [0, 0.1) is 0 Å². The first-order chi connectivity index (χ1) is 10.8. The molecule has 0 radical (unpaired) electrons. The zero-order valence-electron chi connectivity index (χ0n) is 12.7. The van der Waals surface area contributed by atoms with E-state index in [1.54, 1.807) is 7.11 Å². The molecule has 2 aromatic carbocycles. The second-order valence-corrected chi connectivity index (χ2v) is 5.33. The molecule has 0 bridgehead atoms. The minimum atomic E-state index is 0.190. The van der Waals surface area contributed by atoms with Crippen LogP contribution >= 0.6 is 0 Å². The van der Waals surface area contributed by atoms with Crippen molar-refractivity contribution in [3.63, 3.8) is 0 Å². The Labute approximate surface area is 131 Å². The molecule has 1 fully saturated rings. The van der Waals surface area contributed by atoms with E-state index in [-0.39, 0.29) is 6.10 Å². The lowest BCUT2D eigenvalue weighted by molar-refractivity contribution is 0.141. The van der Waals surface area contributed by atoms with Gasteiger partial charge in [0.05, 0.1) is 20.3 Å². The van der Waals surface area contributed by atoms with Crippen LogP contribution in [0.2, 0.25) is 0 Å². The molecule has 22 heavy (non-hydrogen) atoms. The maximum atomic E-state index is 5.85. The quantitative estimate of drug-likeness (QED) is 0.886. The smallest absolute Gasteiger partial charge is 0.124 e. The van der Waals surface area contributed by atoms with Crippen LogP contribution in [-0.2, 0) is 11.3 Å². The SMILES string of the molecule is COc1cccc(CNc2ccc(O[C@@H]3CCOC3)cc2)c1. The van der Waals surface area contributed by atoms with E-state index in [0.29, 0.717) is 6.61 Å². The van der Waals surface area contributed by atoms with Gasteiger partial charge in [0.1, 0.15) is 17.6 Å². The van der Waals surface area contributed by atoms with Gasteiger partial charge in [-0.3, -0.25) is 0 Å². The molecule has 3 rings (SSSR count). The van der Waals surface area contributed by atoms with E-state index in [1.807, 2.05) is 42.5 Å². The molecule has 0 aliphatic carbocycles. The predicted octanol–water partition coefficient (Wildman–Crippen LogP) is 3.48. The van der Waals surface area contributed by atoms with Crippen LogP contribution in [0.1, 0.15) is 12.0 Å². The maximum Gasteiger partial charge on any atom is 0.124 e. The van der Waals surface area contributed by atoms with Gasteiger partial charge in [0.2, 0.25) is 0 Å². The average Bonchev–Trinajstić information content (AvgIpc) is 3.07. The van der Waals surface area contributed by atoms with Gasteiger partial charge >= 0.3 is 0 Å². The first-order valence-electron chi connectivity index (χ1n) is 7.55. The minimum absolute atomic E-state index is 0.190. The number of anilines is 1. The van der Waals surface area contributed by atoms with Gasteiger partial charge in [-0.05, 0) is 42.0 Å². The highest BCUT2D eigenvalue weighted by molar-refractivity contribution is 5.47. The third-order valence-corrected chi connectivity index (χ3v) is 3.68. The maximum absolute atomic E-state index is 5.85. The summed E-state index contributed by atoms with van der Waals surface area (Å²) in [5, 5.41) is 3.40. The number of ether oxygens (including phenoxy) is 3. The number of rotatable bonds is 6. The van der Waals surface area contributed by atoms with E-state index in [1.165, 1.54) is 5.56 Å². The second kappa shape index (κ2) is 7.18. The van der Waals surface area contributed by atoms with Crippen molar-refractivity contribution in [3.05, 3.63) is 54.1 Å². The third kappa shape index (κ3) is 3.92. The van der Waals surface area contributed by atoms with Crippen LogP contribution in [-0.4, -0.2) is 26.4 Å². The fraction of sp³-hybridized carbons (Fsp3) is 0.333. The number of hydrogen-bond acceptors (Lipinski definition) is 4. The van der Waals surface area contributed by atoms with Crippen LogP contribution in [0.15, 0.2) is 48.5 Å². The fourth-order valence-electron chi connectivity index (χ4n) is 2.44. The zero-order valence-corrected chi connectivity index (χ0v) is 12.7. The lowest BCUT2D eigenvalue weighted by atomic mass is 10.2. The highest BCUT2D eigenvalue weighted by Gasteiger charge is 2.16. The summed E-state index contributed by atoms with van der Waals surface area (Å²) in [5.41, 5.74) is 2.25.